The molecule has 0 aliphatic heterocycles. The molecule has 0 aromatic carbocycles. The molecular weight excluding hydrogens is 144 g/mol. The van der Waals surface area contributed by atoms with E-state index in [-0.39, 0.29) is 0 Å². The van der Waals surface area contributed by atoms with Gasteiger partial charge in [-0.05, 0) is 49.4 Å². The fourth-order valence-corrected chi connectivity index (χ4v) is 3.89. The highest BCUT2D eigenvalue weighted by atomic mass is 14.6. The molecule has 0 aromatic rings. The molecule has 0 heteroatoms. The van der Waals surface area contributed by atoms with Crippen LogP contribution >= 0.6 is 0 Å². The third-order valence-corrected chi connectivity index (χ3v) is 4.33. The summed E-state index contributed by atoms with van der Waals surface area (Å²) in [6.45, 7) is 11.2. The van der Waals surface area contributed by atoms with E-state index in [1.165, 1.54) is 24.8 Å². The summed E-state index contributed by atoms with van der Waals surface area (Å²) in [5.41, 5.74) is 1.97. The molecule has 3 atom stereocenters. The zero-order valence-electron chi connectivity index (χ0n) is 8.56. The van der Waals surface area contributed by atoms with Crippen LogP contribution in [0.4, 0.5) is 0 Å². The Morgan fingerprint density at radius 2 is 2.00 bits per heavy atom. The van der Waals surface area contributed by atoms with E-state index >= 15 is 0 Å². The van der Waals surface area contributed by atoms with Gasteiger partial charge in [0.1, 0.15) is 0 Å². The maximum absolute atomic E-state index is 4.15. The zero-order chi connectivity index (χ0) is 8.93. The monoisotopic (exact) mass is 164 g/mol. The molecule has 0 heterocycles. The fourth-order valence-electron chi connectivity index (χ4n) is 3.89. The molecule has 0 aromatic heterocycles. The van der Waals surface area contributed by atoms with Crippen molar-refractivity contribution < 1.29 is 0 Å². The summed E-state index contributed by atoms with van der Waals surface area (Å²) in [6.07, 6.45) is 4.41. The lowest BCUT2D eigenvalue weighted by molar-refractivity contribution is 0.150. The van der Waals surface area contributed by atoms with Gasteiger partial charge in [-0.25, -0.2) is 0 Å². The van der Waals surface area contributed by atoms with Crippen molar-refractivity contribution in [1.29, 1.82) is 0 Å². The second-order valence-electron chi connectivity index (χ2n) is 5.42. The number of hydrogen-bond donors (Lipinski definition) is 0. The van der Waals surface area contributed by atoms with Gasteiger partial charge in [-0.2, -0.15) is 0 Å². The molecule has 0 nitrogen and oxygen atoms in total. The molecule has 68 valence electrons. The highest BCUT2D eigenvalue weighted by Gasteiger charge is 2.52. The third kappa shape index (κ3) is 0.901. The summed E-state index contributed by atoms with van der Waals surface area (Å²) < 4.78 is 0. The van der Waals surface area contributed by atoms with Gasteiger partial charge in [0.25, 0.3) is 0 Å². The molecule has 2 rings (SSSR count). The number of rotatable bonds is 1. The highest BCUT2D eigenvalue weighted by molar-refractivity contribution is 5.13. The largest absolute Gasteiger partial charge is 0.0998 e. The number of hydrogen-bond acceptors (Lipinski definition) is 0. The van der Waals surface area contributed by atoms with Gasteiger partial charge < -0.3 is 0 Å². The lowest BCUT2D eigenvalue weighted by Gasteiger charge is -2.38. The van der Waals surface area contributed by atoms with Crippen LogP contribution in [-0.2, 0) is 0 Å². The van der Waals surface area contributed by atoms with Crippen LogP contribution in [0.15, 0.2) is 12.2 Å². The van der Waals surface area contributed by atoms with Crippen LogP contribution in [0.5, 0.6) is 0 Å². The topological polar surface area (TPSA) is 0 Å². The van der Waals surface area contributed by atoms with E-state index in [0.717, 1.165) is 17.8 Å². The van der Waals surface area contributed by atoms with Crippen LogP contribution in [0, 0.1) is 23.2 Å². The summed E-state index contributed by atoms with van der Waals surface area (Å²) >= 11 is 0. The first-order chi connectivity index (χ1) is 5.53. The van der Waals surface area contributed by atoms with Crippen LogP contribution in [0.3, 0.4) is 0 Å². The van der Waals surface area contributed by atoms with E-state index in [1.807, 2.05) is 0 Å². The van der Waals surface area contributed by atoms with Gasteiger partial charge >= 0.3 is 0 Å². The molecule has 0 saturated heterocycles. The molecule has 2 bridgehead atoms. The molecule has 2 aliphatic rings. The molecule has 0 radical (unpaired) electrons. The van der Waals surface area contributed by atoms with E-state index in [0.29, 0.717) is 5.41 Å². The highest BCUT2D eigenvalue weighted by Crippen LogP contribution is 2.61. The van der Waals surface area contributed by atoms with Crippen molar-refractivity contribution in [2.45, 2.75) is 40.0 Å². The van der Waals surface area contributed by atoms with E-state index < -0.39 is 0 Å². The Balaban J connectivity index is 2.29. The predicted octanol–water partition coefficient (Wildman–Crippen LogP) is 3.63. The summed E-state index contributed by atoms with van der Waals surface area (Å²) in [4.78, 5) is 0. The first kappa shape index (κ1) is 8.34. The molecule has 2 saturated carbocycles. The maximum atomic E-state index is 4.15. The first-order valence-corrected chi connectivity index (χ1v) is 5.19. The molecule has 0 spiro atoms. The van der Waals surface area contributed by atoms with Crippen molar-refractivity contribution in [1.82, 2.24) is 0 Å². The smallest absolute Gasteiger partial charge is 0.0126 e. The Labute approximate surface area is 76.1 Å². The van der Waals surface area contributed by atoms with Gasteiger partial charge in [0.05, 0.1) is 0 Å². The minimum absolute atomic E-state index is 0.550. The van der Waals surface area contributed by atoms with Crippen LogP contribution in [0.2, 0.25) is 0 Å². The minimum Gasteiger partial charge on any atom is -0.0998 e. The van der Waals surface area contributed by atoms with Gasteiger partial charge in [0.15, 0.2) is 0 Å². The van der Waals surface area contributed by atoms with Crippen LogP contribution in [0.25, 0.3) is 0 Å². The molecular formula is C12H20. The SMILES string of the molecule is C=C(C)[C@H]1[C@@H]2CC[C@@H](C2)C1(C)C. The molecule has 2 fully saturated rings. The average Bonchev–Trinajstić information content (AvgIpc) is 2.41. The average molecular weight is 164 g/mol. The van der Waals surface area contributed by atoms with Gasteiger partial charge in [-0.3, -0.25) is 0 Å². The third-order valence-electron chi connectivity index (χ3n) is 4.33. The predicted molar refractivity (Wildman–Crippen MR) is 52.9 cm³/mol. The van der Waals surface area contributed by atoms with Crippen molar-refractivity contribution in [2.75, 3.05) is 0 Å². The zero-order valence-corrected chi connectivity index (χ0v) is 8.56. The molecule has 0 amide bonds. The first-order valence-electron chi connectivity index (χ1n) is 5.19. The number of allylic oxidation sites excluding steroid dienone is 1. The van der Waals surface area contributed by atoms with Crippen molar-refractivity contribution in [3.05, 3.63) is 12.2 Å². The second-order valence-corrected chi connectivity index (χ2v) is 5.42. The van der Waals surface area contributed by atoms with Crippen molar-refractivity contribution >= 4 is 0 Å². The lowest BCUT2D eigenvalue weighted by Crippen LogP contribution is -2.31. The lowest BCUT2D eigenvalue weighted by atomic mass is 9.66. The number of fused-ring (bicyclic) bond motifs is 2. The van der Waals surface area contributed by atoms with Crippen LogP contribution in [0.1, 0.15) is 40.0 Å². The maximum Gasteiger partial charge on any atom is -0.0126 e. The fraction of sp³-hybridized carbons (Fsp3) is 0.833. The quantitative estimate of drug-likeness (QED) is 0.519. The van der Waals surface area contributed by atoms with E-state index in [2.05, 4.69) is 27.4 Å². The Morgan fingerprint density at radius 1 is 1.33 bits per heavy atom. The Bertz CT molecular complexity index is 212. The Morgan fingerprint density at radius 3 is 2.33 bits per heavy atom. The van der Waals surface area contributed by atoms with Crippen molar-refractivity contribution in [3.63, 3.8) is 0 Å². The summed E-state index contributed by atoms with van der Waals surface area (Å²) in [6, 6.07) is 0. The molecule has 0 N–H and O–H groups in total. The standard InChI is InChI=1S/C12H20/c1-8(2)11-9-5-6-10(7-9)12(11,3)4/h9-11H,1,5-7H2,2-4H3/t9-,10+,11+/m1/s1. The Hall–Kier alpha value is -0.260. The summed E-state index contributed by atoms with van der Waals surface area (Å²) in [5, 5.41) is 0. The molecule has 2 aliphatic carbocycles. The van der Waals surface area contributed by atoms with Crippen molar-refractivity contribution in [3.8, 4) is 0 Å². The van der Waals surface area contributed by atoms with Gasteiger partial charge in [0.2, 0.25) is 0 Å². The summed E-state index contributed by atoms with van der Waals surface area (Å²) in [5.74, 6) is 2.78. The molecule has 0 unspecified atom stereocenters. The normalized spacial score (nSPS) is 43.4. The summed E-state index contributed by atoms with van der Waals surface area (Å²) in [7, 11) is 0. The molecule has 12 heavy (non-hydrogen) atoms. The minimum atomic E-state index is 0.550. The van der Waals surface area contributed by atoms with Gasteiger partial charge in [-0.1, -0.05) is 26.0 Å². The second kappa shape index (κ2) is 2.37. The Kier molecular flexibility index (Phi) is 1.65. The van der Waals surface area contributed by atoms with E-state index in [4.69, 9.17) is 0 Å². The van der Waals surface area contributed by atoms with E-state index in [9.17, 15) is 0 Å². The van der Waals surface area contributed by atoms with Crippen molar-refractivity contribution in [2.24, 2.45) is 23.2 Å². The van der Waals surface area contributed by atoms with E-state index in [1.54, 1.807) is 0 Å². The van der Waals surface area contributed by atoms with Gasteiger partial charge in [0, 0.05) is 0 Å². The van der Waals surface area contributed by atoms with Crippen LogP contribution < -0.4 is 0 Å². The van der Waals surface area contributed by atoms with Crippen LogP contribution in [-0.4, -0.2) is 0 Å². The van der Waals surface area contributed by atoms with Gasteiger partial charge in [-0.15, -0.1) is 0 Å².